The quantitative estimate of drug-likeness (QED) is 0.759. The Balaban J connectivity index is 1.64. The molecule has 0 fully saturated rings. The molecule has 6 nitrogen and oxygen atoms in total. The molecule has 27 heavy (non-hydrogen) atoms. The Labute approximate surface area is 162 Å². The van der Waals surface area contributed by atoms with Gasteiger partial charge in [0.2, 0.25) is 5.91 Å². The number of esters is 1. The molecule has 0 aliphatic carbocycles. The highest BCUT2D eigenvalue weighted by molar-refractivity contribution is 7.16. The molecule has 1 aromatic heterocycles. The van der Waals surface area contributed by atoms with Gasteiger partial charge in [0.25, 0.3) is 0 Å². The van der Waals surface area contributed by atoms with Crippen molar-refractivity contribution in [3.05, 3.63) is 39.8 Å². The number of hydrogen-bond donors (Lipinski definition) is 1. The lowest BCUT2D eigenvalue weighted by molar-refractivity contribution is -0.116. The number of ether oxygens (including phenoxy) is 3. The van der Waals surface area contributed by atoms with Crippen molar-refractivity contribution in [2.24, 2.45) is 0 Å². The highest BCUT2D eigenvalue weighted by atomic mass is 32.1. The van der Waals surface area contributed by atoms with E-state index >= 15 is 0 Å². The number of amides is 1. The van der Waals surface area contributed by atoms with Crippen molar-refractivity contribution >= 4 is 28.2 Å². The van der Waals surface area contributed by atoms with Crippen LogP contribution in [0.1, 0.15) is 39.7 Å². The number of hydrogen-bond acceptors (Lipinski definition) is 6. The smallest absolute Gasteiger partial charge is 0.341 e. The van der Waals surface area contributed by atoms with E-state index < -0.39 is 5.97 Å². The molecule has 0 spiro atoms. The van der Waals surface area contributed by atoms with Crippen molar-refractivity contribution in [3.8, 4) is 11.5 Å². The van der Waals surface area contributed by atoms with E-state index in [0.29, 0.717) is 49.0 Å². The van der Waals surface area contributed by atoms with Gasteiger partial charge in [-0.05, 0) is 50.5 Å². The first-order valence-corrected chi connectivity index (χ1v) is 9.76. The summed E-state index contributed by atoms with van der Waals surface area (Å²) in [4.78, 5) is 25.6. The summed E-state index contributed by atoms with van der Waals surface area (Å²) in [7, 11) is 0. The maximum absolute atomic E-state index is 12.4. The van der Waals surface area contributed by atoms with Gasteiger partial charge in [0.05, 0.1) is 12.2 Å². The van der Waals surface area contributed by atoms with Gasteiger partial charge >= 0.3 is 5.97 Å². The Kier molecular flexibility index (Phi) is 6.01. The fourth-order valence-electron chi connectivity index (χ4n) is 2.85. The average Bonchev–Trinajstić information content (AvgIpc) is 2.93. The van der Waals surface area contributed by atoms with E-state index in [1.807, 2.05) is 32.0 Å². The topological polar surface area (TPSA) is 73.9 Å². The summed E-state index contributed by atoms with van der Waals surface area (Å²) in [5, 5.41) is 3.42. The Morgan fingerprint density at radius 1 is 1.19 bits per heavy atom. The zero-order valence-electron chi connectivity index (χ0n) is 15.7. The number of aryl methyl sites for hydroxylation is 2. The van der Waals surface area contributed by atoms with Crippen LogP contribution in [0, 0.1) is 13.8 Å². The minimum atomic E-state index is -0.401. The van der Waals surface area contributed by atoms with Crippen LogP contribution in [-0.4, -0.2) is 31.7 Å². The Morgan fingerprint density at radius 3 is 2.67 bits per heavy atom. The average molecular weight is 389 g/mol. The predicted octanol–water partition coefficient (Wildman–Crippen LogP) is 3.88. The molecule has 144 valence electrons. The molecule has 1 amide bonds. The number of nitrogens with one attached hydrogen (secondary N) is 1. The number of anilines is 1. The van der Waals surface area contributed by atoms with E-state index in [0.717, 1.165) is 21.8 Å². The lowest BCUT2D eigenvalue weighted by atomic mass is 10.1. The van der Waals surface area contributed by atoms with Crippen molar-refractivity contribution in [2.75, 3.05) is 25.1 Å². The molecule has 0 saturated carbocycles. The molecule has 2 aromatic rings. The van der Waals surface area contributed by atoms with Crippen LogP contribution in [0.25, 0.3) is 0 Å². The minimum Gasteiger partial charge on any atom is -0.486 e. The third-order valence-electron chi connectivity index (χ3n) is 4.37. The van der Waals surface area contributed by atoms with E-state index in [1.165, 1.54) is 11.3 Å². The molecule has 0 radical (unpaired) electrons. The van der Waals surface area contributed by atoms with Gasteiger partial charge in [0.1, 0.15) is 18.2 Å². The molecule has 3 rings (SSSR count). The van der Waals surface area contributed by atoms with Crippen molar-refractivity contribution in [3.63, 3.8) is 0 Å². The standard InChI is InChI=1S/C20H23NO5S/c1-4-24-20(23)18-12(2)13(3)27-19(18)21-17(22)8-6-14-5-7-15-16(11-14)26-10-9-25-15/h5,7,11H,4,6,8-10H2,1-3H3,(H,21,22). The van der Waals surface area contributed by atoms with Gasteiger partial charge in [-0.25, -0.2) is 4.79 Å². The van der Waals surface area contributed by atoms with Gasteiger partial charge in [-0.2, -0.15) is 0 Å². The van der Waals surface area contributed by atoms with Crippen LogP contribution in [0.2, 0.25) is 0 Å². The fraction of sp³-hybridized carbons (Fsp3) is 0.400. The fourth-order valence-corrected chi connectivity index (χ4v) is 3.92. The van der Waals surface area contributed by atoms with E-state index in [2.05, 4.69) is 5.32 Å². The van der Waals surface area contributed by atoms with Crippen LogP contribution in [-0.2, 0) is 16.0 Å². The molecular formula is C20H23NO5S. The normalized spacial score (nSPS) is 12.6. The van der Waals surface area contributed by atoms with E-state index in [9.17, 15) is 9.59 Å². The summed E-state index contributed by atoms with van der Waals surface area (Å²) in [5.74, 6) is 0.907. The van der Waals surface area contributed by atoms with Crippen LogP contribution >= 0.6 is 11.3 Å². The second-order valence-corrected chi connectivity index (χ2v) is 7.46. The maximum atomic E-state index is 12.4. The zero-order chi connectivity index (χ0) is 19.4. The van der Waals surface area contributed by atoms with E-state index in [4.69, 9.17) is 14.2 Å². The number of carbonyl (C=O) groups excluding carboxylic acids is 2. The molecule has 1 aliphatic rings. The number of thiophene rings is 1. The monoisotopic (exact) mass is 389 g/mol. The van der Waals surface area contributed by atoms with Gasteiger partial charge in [-0.1, -0.05) is 6.07 Å². The highest BCUT2D eigenvalue weighted by Crippen LogP contribution is 2.34. The lowest BCUT2D eigenvalue weighted by Gasteiger charge is -2.18. The maximum Gasteiger partial charge on any atom is 0.341 e. The van der Waals surface area contributed by atoms with Crippen LogP contribution in [0.3, 0.4) is 0 Å². The molecule has 1 N–H and O–H groups in total. The Bertz CT molecular complexity index is 858. The van der Waals surface area contributed by atoms with Crippen LogP contribution in [0.5, 0.6) is 11.5 Å². The zero-order valence-corrected chi connectivity index (χ0v) is 16.5. The lowest BCUT2D eigenvalue weighted by Crippen LogP contribution is -2.16. The summed E-state index contributed by atoms with van der Waals surface area (Å²) >= 11 is 1.39. The third kappa shape index (κ3) is 4.42. The molecule has 2 heterocycles. The molecular weight excluding hydrogens is 366 g/mol. The molecule has 0 unspecified atom stereocenters. The van der Waals surface area contributed by atoms with Crippen LogP contribution < -0.4 is 14.8 Å². The molecule has 0 atom stereocenters. The highest BCUT2D eigenvalue weighted by Gasteiger charge is 2.22. The largest absolute Gasteiger partial charge is 0.486 e. The predicted molar refractivity (Wildman–Crippen MR) is 104 cm³/mol. The van der Waals surface area contributed by atoms with Gasteiger partial charge in [-0.15, -0.1) is 11.3 Å². The summed E-state index contributed by atoms with van der Waals surface area (Å²) in [5.41, 5.74) is 2.30. The second-order valence-electron chi connectivity index (χ2n) is 6.23. The molecule has 0 bridgehead atoms. The molecule has 7 heteroatoms. The van der Waals surface area contributed by atoms with Gasteiger partial charge in [-0.3, -0.25) is 4.79 Å². The van der Waals surface area contributed by atoms with Crippen LogP contribution in [0.15, 0.2) is 18.2 Å². The number of fused-ring (bicyclic) bond motifs is 1. The first kappa shape index (κ1) is 19.2. The minimum absolute atomic E-state index is 0.142. The van der Waals surface area contributed by atoms with Gasteiger partial charge < -0.3 is 19.5 Å². The second kappa shape index (κ2) is 8.43. The summed E-state index contributed by atoms with van der Waals surface area (Å²) in [6.45, 7) is 6.93. The van der Waals surface area contributed by atoms with Gasteiger partial charge in [0.15, 0.2) is 11.5 Å². The number of benzene rings is 1. The van der Waals surface area contributed by atoms with Crippen molar-refractivity contribution in [2.45, 2.75) is 33.6 Å². The van der Waals surface area contributed by atoms with Crippen molar-refractivity contribution in [1.82, 2.24) is 0 Å². The van der Waals surface area contributed by atoms with Crippen molar-refractivity contribution in [1.29, 1.82) is 0 Å². The summed E-state index contributed by atoms with van der Waals surface area (Å²) in [6.07, 6.45) is 0.873. The first-order valence-electron chi connectivity index (χ1n) is 8.95. The van der Waals surface area contributed by atoms with Gasteiger partial charge in [0, 0.05) is 11.3 Å². The number of rotatable bonds is 6. The Hall–Kier alpha value is -2.54. The number of carbonyl (C=O) groups is 2. The van der Waals surface area contributed by atoms with Crippen molar-refractivity contribution < 1.29 is 23.8 Å². The third-order valence-corrected chi connectivity index (χ3v) is 5.49. The van der Waals surface area contributed by atoms with E-state index in [1.54, 1.807) is 6.92 Å². The SMILES string of the molecule is CCOC(=O)c1c(NC(=O)CCc2ccc3c(c2)OCCO3)sc(C)c1C. The Morgan fingerprint density at radius 2 is 1.93 bits per heavy atom. The van der Waals surface area contributed by atoms with Crippen LogP contribution in [0.4, 0.5) is 5.00 Å². The van der Waals surface area contributed by atoms with E-state index in [-0.39, 0.29) is 5.91 Å². The summed E-state index contributed by atoms with van der Waals surface area (Å²) in [6, 6.07) is 5.71. The molecule has 1 aliphatic heterocycles. The first-order chi connectivity index (χ1) is 13.0. The summed E-state index contributed by atoms with van der Waals surface area (Å²) < 4.78 is 16.2. The molecule has 0 saturated heterocycles. The molecule has 1 aromatic carbocycles.